The molecule has 0 bridgehead atoms. The van der Waals surface area contributed by atoms with Crippen LogP contribution in [0.15, 0.2) is 18.2 Å². The van der Waals surface area contributed by atoms with Gasteiger partial charge in [-0.2, -0.15) is 0 Å². The molecule has 2 unspecified atom stereocenters. The van der Waals surface area contributed by atoms with Crippen LogP contribution in [0.4, 0.5) is 0 Å². The van der Waals surface area contributed by atoms with Crippen molar-refractivity contribution in [1.29, 1.82) is 0 Å². The summed E-state index contributed by atoms with van der Waals surface area (Å²) in [6.45, 7) is 4.19. The van der Waals surface area contributed by atoms with Gasteiger partial charge in [-0.25, -0.2) is 0 Å². The van der Waals surface area contributed by atoms with Crippen molar-refractivity contribution in [2.24, 2.45) is 5.92 Å². The second-order valence-electron chi connectivity index (χ2n) is 5.91. The number of carbonyl (C=O) groups is 1. The molecule has 0 spiro atoms. The molecule has 1 N–H and O–H groups in total. The lowest BCUT2D eigenvalue weighted by molar-refractivity contribution is -0.122. The molecule has 20 heavy (non-hydrogen) atoms. The van der Waals surface area contributed by atoms with Gasteiger partial charge < -0.3 is 10.1 Å². The predicted molar refractivity (Wildman–Crippen MR) is 79.0 cm³/mol. The lowest BCUT2D eigenvalue weighted by Gasteiger charge is -2.17. The van der Waals surface area contributed by atoms with E-state index in [9.17, 15) is 4.79 Å². The Morgan fingerprint density at radius 2 is 2.15 bits per heavy atom. The van der Waals surface area contributed by atoms with Gasteiger partial charge in [0.05, 0.1) is 19.1 Å². The quantitative estimate of drug-likeness (QED) is 0.890. The van der Waals surface area contributed by atoms with Crippen molar-refractivity contribution < 1.29 is 9.53 Å². The van der Waals surface area contributed by atoms with Gasteiger partial charge in [-0.1, -0.05) is 25.1 Å². The van der Waals surface area contributed by atoms with Crippen molar-refractivity contribution >= 4 is 5.78 Å². The predicted octanol–water partition coefficient (Wildman–Crippen LogP) is 1.91. The first kappa shape index (κ1) is 13.8. The molecule has 1 aromatic carbocycles. The monoisotopic (exact) mass is 273 g/mol. The Hall–Kier alpha value is -1.19. The van der Waals surface area contributed by atoms with Gasteiger partial charge in [-0.3, -0.25) is 4.79 Å². The molecule has 3 heteroatoms. The fourth-order valence-corrected chi connectivity index (χ4v) is 3.40. The summed E-state index contributed by atoms with van der Waals surface area (Å²) < 4.78 is 5.47. The lowest BCUT2D eigenvalue weighted by Crippen LogP contribution is -2.39. The summed E-state index contributed by atoms with van der Waals surface area (Å²) in [5.74, 6) is 0.328. The average Bonchev–Trinajstić information content (AvgIpc) is 3.07. The third-order valence-corrected chi connectivity index (χ3v) is 4.50. The third kappa shape index (κ3) is 2.79. The minimum Gasteiger partial charge on any atom is -0.379 e. The van der Waals surface area contributed by atoms with E-state index in [0.29, 0.717) is 25.4 Å². The highest BCUT2D eigenvalue weighted by molar-refractivity contribution is 5.84. The maximum absolute atomic E-state index is 12.5. The van der Waals surface area contributed by atoms with E-state index in [1.165, 1.54) is 30.4 Å². The van der Waals surface area contributed by atoms with Crippen LogP contribution in [-0.4, -0.2) is 31.6 Å². The zero-order chi connectivity index (χ0) is 13.9. The van der Waals surface area contributed by atoms with Crippen molar-refractivity contribution in [3.8, 4) is 0 Å². The summed E-state index contributed by atoms with van der Waals surface area (Å²) in [6, 6.07) is 6.76. The molecule has 1 aliphatic heterocycles. The van der Waals surface area contributed by atoms with Gasteiger partial charge in [0.2, 0.25) is 0 Å². The smallest absolute Gasteiger partial charge is 0.144 e. The summed E-state index contributed by atoms with van der Waals surface area (Å²) >= 11 is 0. The van der Waals surface area contributed by atoms with Crippen LogP contribution in [0.25, 0.3) is 0 Å². The maximum atomic E-state index is 12.5. The SMILES string of the molecule is CCNC1COCC1C(=O)Cc1ccc2c(c1)CCC2. The van der Waals surface area contributed by atoms with Gasteiger partial charge in [0.25, 0.3) is 0 Å². The first-order valence-corrected chi connectivity index (χ1v) is 7.72. The molecule has 0 radical (unpaired) electrons. The van der Waals surface area contributed by atoms with Crippen LogP contribution in [0, 0.1) is 5.92 Å². The molecule has 2 aliphatic rings. The molecular formula is C17H23NO2. The number of benzene rings is 1. The largest absolute Gasteiger partial charge is 0.379 e. The maximum Gasteiger partial charge on any atom is 0.144 e. The Labute approximate surface area is 120 Å². The zero-order valence-electron chi connectivity index (χ0n) is 12.2. The van der Waals surface area contributed by atoms with Crippen LogP contribution in [0.1, 0.15) is 30.0 Å². The van der Waals surface area contributed by atoms with E-state index >= 15 is 0 Å². The summed E-state index contributed by atoms with van der Waals surface area (Å²) in [5.41, 5.74) is 4.08. The number of ether oxygens (including phenoxy) is 1. The van der Waals surface area contributed by atoms with Crippen LogP contribution in [0.5, 0.6) is 0 Å². The minimum absolute atomic E-state index is 0.0169. The molecule has 0 amide bonds. The Bertz CT molecular complexity index is 498. The number of rotatable bonds is 5. The van der Waals surface area contributed by atoms with E-state index in [1.807, 2.05) is 0 Å². The molecule has 2 atom stereocenters. The van der Waals surface area contributed by atoms with Crippen molar-refractivity contribution in [2.75, 3.05) is 19.8 Å². The second kappa shape index (κ2) is 6.06. The van der Waals surface area contributed by atoms with Gasteiger partial charge in [-0.05, 0) is 42.5 Å². The minimum atomic E-state index is 0.0169. The molecule has 108 valence electrons. The Morgan fingerprint density at radius 1 is 1.30 bits per heavy atom. The van der Waals surface area contributed by atoms with Gasteiger partial charge in [0, 0.05) is 12.5 Å². The third-order valence-electron chi connectivity index (χ3n) is 4.50. The second-order valence-corrected chi connectivity index (χ2v) is 5.91. The molecular weight excluding hydrogens is 250 g/mol. The molecule has 0 saturated carbocycles. The molecule has 1 saturated heterocycles. The van der Waals surface area contributed by atoms with E-state index < -0.39 is 0 Å². The molecule has 1 aliphatic carbocycles. The summed E-state index contributed by atoms with van der Waals surface area (Å²) in [7, 11) is 0. The first-order chi connectivity index (χ1) is 9.78. The number of Topliss-reactive ketones (excluding diaryl/α,β-unsaturated/α-hetero) is 1. The van der Waals surface area contributed by atoms with Crippen molar-refractivity contribution in [3.05, 3.63) is 34.9 Å². The van der Waals surface area contributed by atoms with E-state index in [4.69, 9.17) is 4.74 Å². The number of hydrogen-bond donors (Lipinski definition) is 1. The molecule has 1 fully saturated rings. The van der Waals surface area contributed by atoms with Gasteiger partial charge in [0.15, 0.2) is 0 Å². The van der Waals surface area contributed by atoms with Gasteiger partial charge >= 0.3 is 0 Å². The zero-order valence-corrected chi connectivity index (χ0v) is 12.2. The van der Waals surface area contributed by atoms with Crippen molar-refractivity contribution in [1.82, 2.24) is 5.32 Å². The van der Waals surface area contributed by atoms with Crippen LogP contribution >= 0.6 is 0 Å². The van der Waals surface area contributed by atoms with Crippen molar-refractivity contribution in [2.45, 2.75) is 38.6 Å². The summed E-state index contributed by atoms with van der Waals surface area (Å²) in [6.07, 6.45) is 4.17. The molecule has 1 heterocycles. The highest BCUT2D eigenvalue weighted by Gasteiger charge is 2.33. The van der Waals surface area contributed by atoms with Gasteiger partial charge in [-0.15, -0.1) is 0 Å². The topological polar surface area (TPSA) is 38.3 Å². The van der Waals surface area contributed by atoms with Crippen LogP contribution in [-0.2, 0) is 28.8 Å². The highest BCUT2D eigenvalue weighted by atomic mass is 16.5. The normalized spacial score (nSPS) is 24.9. The molecule has 3 nitrogen and oxygen atoms in total. The standard InChI is InChI=1S/C17H23NO2/c1-2-18-16-11-20-10-15(16)17(19)9-12-6-7-13-4-3-5-14(13)8-12/h6-8,15-16,18H,2-5,9-11H2,1H3. The Kier molecular flexibility index (Phi) is 4.18. The number of ketones is 1. The Balaban J connectivity index is 1.66. The fourth-order valence-electron chi connectivity index (χ4n) is 3.40. The van der Waals surface area contributed by atoms with E-state index in [-0.39, 0.29) is 12.0 Å². The summed E-state index contributed by atoms with van der Waals surface area (Å²) in [5, 5.41) is 3.36. The van der Waals surface area contributed by atoms with E-state index in [0.717, 1.165) is 12.1 Å². The summed E-state index contributed by atoms with van der Waals surface area (Å²) in [4.78, 5) is 12.5. The first-order valence-electron chi connectivity index (χ1n) is 7.72. The number of fused-ring (bicyclic) bond motifs is 1. The highest BCUT2D eigenvalue weighted by Crippen LogP contribution is 2.24. The average molecular weight is 273 g/mol. The molecule has 0 aromatic heterocycles. The number of hydrogen-bond acceptors (Lipinski definition) is 3. The number of nitrogens with one attached hydrogen (secondary N) is 1. The number of likely N-dealkylation sites (N-methyl/N-ethyl adjacent to an activating group) is 1. The van der Waals surface area contributed by atoms with Crippen molar-refractivity contribution in [3.63, 3.8) is 0 Å². The number of aryl methyl sites for hydroxylation is 2. The van der Waals surface area contributed by atoms with Crippen LogP contribution in [0.2, 0.25) is 0 Å². The molecule has 1 aromatic rings. The Morgan fingerprint density at radius 3 is 3.00 bits per heavy atom. The van der Waals surface area contributed by atoms with Crippen LogP contribution in [0.3, 0.4) is 0 Å². The lowest BCUT2D eigenvalue weighted by atomic mass is 9.92. The van der Waals surface area contributed by atoms with E-state index in [2.05, 4.69) is 30.4 Å². The molecule has 3 rings (SSSR count). The van der Waals surface area contributed by atoms with Gasteiger partial charge in [0.1, 0.15) is 5.78 Å². The number of carbonyl (C=O) groups excluding carboxylic acids is 1. The van der Waals surface area contributed by atoms with Crippen LogP contribution < -0.4 is 5.32 Å². The van der Waals surface area contributed by atoms with E-state index in [1.54, 1.807) is 0 Å². The fraction of sp³-hybridized carbons (Fsp3) is 0.588.